The van der Waals surface area contributed by atoms with Crippen molar-refractivity contribution in [3.63, 3.8) is 0 Å². The second kappa shape index (κ2) is 9.60. The SMILES string of the molecule is CN=C(NCc1cccc(C)c1)NCc1cc(OC)ccc1OC(F)F. The first-order valence-electron chi connectivity index (χ1n) is 8.13. The Bertz CT molecular complexity index is 751. The van der Waals surface area contributed by atoms with Crippen molar-refractivity contribution >= 4 is 5.96 Å². The van der Waals surface area contributed by atoms with Crippen molar-refractivity contribution in [1.29, 1.82) is 0 Å². The summed E-state index contributed by atoms with van der Waals surface area (Å²) in [6, 6.07) is 12.8. The molecule has 7 heteroatoms. The topological polar surface area (TPSA) is 54.9 Å². The van der Waals surface area contributed by atoms with Gasteiger partial charge in [0, 0.05) is 25.7 Å². The molecular weight excluding hydrogens is 340 g/mol. The highest BCUT2D eigenvalue weighted by Gasteiger charge is 2.11. The van der Waals surface area contributed by atoms with E-state index in [9.17, 15) is 8.78 Å². The molecule has 0 saturated carbocycles. The van der Waals surface area contributed by atoms with Gasteiger partial charge in [-0.25, -0.2) is 0 Å². The number of guanidine groups is 1. The van der Waals surface area contributed by atoms with Crippen LogP contribution >= 0.6 is 0 Å². The Morgan fingerprint density at radius 3 is 2.54 bits per heavy atom. The number of nitrogens with zero attached hydrogens (tertiary/aromatic N) is 1. The van der Waals surface area contributed by atoms with Gasteiger partial charge in [0.2, 0.25) is 0 Å². The van der Waals surface area contributed by atoms with Crippen LogP contribution in [0.25, 0.3) is 0 Å². The second-order valence-corrected chi connectivity index (χ2v) is 5.62. The Morgan fingerprint density at radius 1 is 1.12 bits per heavy atom. The fourth-order valence-corrected chi connectivity index (χ4v) is 2.44. The number of methoxy groups -OCH3 is 1. The molecule has 2 aromatic rings. The van der Waals surface area contributed by atoms with Crippen molar-refractivity contribution in [2.45, 2.75) is 26.6 Å². The largest absolute Gasteiger partial charge is 0.497 e. The molecule has 0 saturated heterocycles. The molecule has 0 fully saturated rings. The van der Waals surface area contributed by atoms with Crippen molar-refractivity contribution in [2.24, 2.45) is 4.99 Å². The molecule has 5 nitrogen and oxygen atoms in total. The molecule has 0 atom stereocenters. The zero-order valence-corrected chi connectivity index (χ0v) is 15.1. The second-order valence-electron chi connectivity index (χ2n) is 5.62. The Kier molecular flexibility index (Phi) is 7.20. The standard InChI is InChI=1S/C19H23F2N3O2/c1-13-5-4-6-14(9-13)11-23-19(22-2)24-12-15-10-16(25-3)7-8-17(15)26-18(20)21/h4-10,18H,11-12H2,1-3H3,(H2,22,23,24). The number of aryl methyl sites for hydroxylation is 1. The van der Waals surface area contributed by atoms with Gasteiger partial charge in [0.15, 0.2) is 5.96 Å². The Hall–Kier alpha value is -2.83. The van der Waals surface area contributed by atoms with E-state index in [1.54, 1.807) is 19.2 Å². The molecule has 2 rings (SSSR count). The van der Waals surface area contributed by atoms with Crippen molar-refractivity contribution in [3.05, 3.63) is 59.2 Å². The number of hydrogen-bond acceptors (Lipinski definition) is 3. The van der Waals surface area contributed by atoms with Crippen LogP contribution in [0.15, 0.2) is 47.5 Å². The summed E-state index contributed by atoms with van der Waals surface area (Å²) in [5, 5.41) is 6.28. The smallest absolute Gasteiger partial charge is 0.387 e. The Labute approximate surface area is 152 Å². The minimum atomic E-state index is -2.89. The Morgan fingerprint density at radius 2 is 1.88 bits per heavy atom. The average molecular weight is 363 g/mol. The minimum absolute atomic E-state index is 0.0995. The third kappa shape index (κ3) is 5.91. The number of benzene rings is 2. The summed E-state index contributed by atoms with van der Waals surface area (Å²) in [5.74, 6) is 1.21. The predicted molar refractivity (Wildman–Crippen MR) is 97.8 cm³/mol. The molecule has 0 heterocycles. The van der Waals surface area contributed by atoms with Crippen molar-refractivity contribution in [3.8, 4) is 11.5 Å². The van der Waals surface area contributed by atoms with Crippen LogP contribution in [0.1, 0.15) is 16.7 Å². The summed E-state index contributed by atoms with van der Waals surface area (Å²) in [4.78, 5) is 4.15. The number of aliphatic imine (C=N–C) groups is 1. The minimum Gasteiger partial charge on any atom is -0.497 e. The van der Waals surface area contributed by atoms with E-state index in [2.05, 4.69) is 26.4 Å². The van der Waals surface area contributed by atoms with Gasteiger partial charge >= 0.3 is 6.61 Å². The van der Waals surface area contributed by atoms with Crippen LogP contribution in [0.2, 0.25) is 0 Å². The van der Waals surface area contributed by atoms with Crippen LogP contribution in [-0.4, -0.2) is 26.7 Å². The van der Waals surface area contributed by atoms with Gasteiger partial charge in [-0.3, -0.25) is 4.99 Å². The molecular formula is C19H23F2N3O2. The number of halogens is 2. The van der Waals surface area contributed by atoms with Gasteiger partial charge in [0.25, 0.3) is 0 Å². The molecule has 0 aliphatic heterocycles. The van der Waals surface area contributed by atoms with E-state index in [0.29, 0.717) is 23.8 Å². The lowest BCUT2D eigenvalue weighted by molar-refractivity contribution is -0.0504. The van der Waals surface area contributed by atoms with Crippen LogP contribution in [0, 0.1) is 6.92 Å². The number of nitrogens with one attached hydrogen (secondary N) is 2. The number of hydrogen-bond donors (Lipinski definition) is 2. The van der Waals surface area contributed by atoms with E-state index in [0.717, 1.165) is 5.56 Å². The van der Waals surface area contributed by atoms with E-state index in [4.69, 9.17) is 4.74 Å². The van der Waals surface area contributed by atoms with Crippen molar-refractivity contribution in [2.75, 3.05) is 14.2 Å². The van der Waals surface area contributed by atoms with Crippen LogP contribution in [0.5, 0.6) is 11.5 Å². The molecule has 0 aliphatic rings. The van der Waals surface area contributed by atoms with Gasteiger partial charge in [0.05, 0.1) is 7.11 Å². The molecule has 0 spiro atoms. The summed E-state index contributed by atoms with van der Waals surface area (Å²) in [7, 11) is 3.16. The fourth-order valence-electron chi connectivity index (χ4n) is 2.44. The van der Waals surface area contributed by atoms with Crippen molar-refractivity contribution in [1.82, 2.24) is 10.6 Å². The fraction of sp³-hybridized carbons (Fsp3) is 0.316. The lowest BCUT2D eigenvalue weighted by Crippen LogP contribution is -2.36. The average Bonchev–Trinajstić information content (AvgIpc) is 2.62. The van der Waals surface area contributed by atoms with Gasteiger partial charge in [-0.1, -0.05) is 29.8 Å². The van der Waals surface area contributed by atoms with Gasteiger partial charge in [-0.15, -0.1) is 0 Å². The molecule has 140 valence electrons. The van der Waals surface area contributed by atoms with E-state index < -0.39 is 6.61 Å². The first-order chi connectivity index (χ1) is 12.5. The molecule has 0 aromatic heterocycles. The van der Waals surface area contributed by atoms with Gasteiger partial charge in [-0.2, -0.15) is 8.78 Å². The van der Waals surface area contributed by atoms with Crippen LogP contribution in [0.4, 0.5) is 8.78 Å². The van der Waals surface area contributed by atoms with Crippen molar-refractivity contribution < 1.29 is 18.3 Å². The quantitative estimate of drug-likeness (QED) is 0.584. The number of rotatable bonds is 7. The molecule has 2 N–H and O–H groups in total. The third-order valence-corrected chi connectivity index (χ3v) is 3.70. The van der Waals surface area contributed by atoms with E-state index in [1.165, 1.54) is 18.7 Å². The van der Waals surface area contributed by atoms with Crippen LogP contribution < -0.4 is 20.1 Å². The van der Waals surface area contributed by atoms with Gasteiger partial charge in [0.1, 0.15) is 11.5 Å². The maximum atomic E-state index is 12.6. The summed E-state index contributed by atoms with van der Waals surface area (Å²) < 4.78 is 34.9. The van der Waals surface area contributed by atoms with Gasteiger partial charge in [-0.05, 0) is 30.7 Å². The lowest BCUT2D eigenvalue weighted by Gasteiger charge is -2.15. The Balaban J connectivity index is 2.00. The van der Waals surface area contributed by atoms with E-state index in [-0.39, 0.29) is 12.3 Å². The zero-order chi connectivity index (χ0) is 18.9. The monoisotopic (exact) mass is 363 g/mol. The molecule has 0 radical (unpaired) electrons. The molecule has 2 aromatic carbocycles. The molecule has 0 amide bonds. The normalized spacial score (nSPS) is 11.4. The van der Waals surface area contributed by atoms with E-state index >= 15 is 0 Å². The van der Waals surface area contributed by atoms with Crippen LogP contribution in [-0.2, 0) is 13.1 Å². The highest BCUT2D eigenvalue weighted by atomic mass is 19.3. The number of alkyl halides is 2. The maximum absolute atomic E-state index is 12.6. The number of ether oxygens (including phenoxy) is 2. The first kappa shape index (κ1) is 19.5. The highest BCUT2D eigenvalue weighted by molar-refractivity contribution is 5.79. The molecule has 26 heavy (non-hydrogen) atoms. The lowest BCUT2D eigenvalue weighted by atomic mass is 10.1. The zero-order valence-electron chi connectivity index (χ0n) is 15.1. The van der Waals surface area contributed by atoms with Gasteiger partial charge < -0.3 is 20.1 Å². The summed E-state index contributed by atoms with van der Waals surface area (Å²) >= 11 is 0. The third-order valence-electron chi connectivity index (χ3n) is 3.70. The van der Waals surface area contributed by atoms with Crippen LogP contribution in [0.3, 0.4) is 0 Å². The molecule has 0 bridgehead atoms. The summed E-state index contributed by atoms with van der Waals surface area (Å²) in [6.07, 6.45) is 0. The first-order valence-corrected chi connectivity index (χ1v) is 8.13. The maximum Gasteiger partial charge on any atom is 0.387 e. The highest BCUT2D eigenvalue weighted by Crippen LogP contribution is 2.25. The molecule has 0 aliphatic carbocycles. The molecule has 0 unspecified atom stereocenters. The predicted octanol–water partition coefficient (Wildman–Crippen LogP) is 3.47. The van der Waals surface area contributed by atoms with E-state index in [1.807, 2.05) is 25.1 Å². The summed E-state index contributed by atoms with van der Waals surface area (Å²) in [5.41, 5.74) is 2.84. The summed E-state index contributed by atoms with van der Waals surface area (Å²) in [6.45, 7) is -0.00264.